The molecule has 0 saturated carbocycles. The van der Waals surface area contributed by atoms with Gasteiger partial charge in [0.2, 0.25) is 11.5 Å². The number of piperazine rings is 1. The Balaban J connectivity index is 1.50. The first kappa shape index (κ1) is 25.8. The monoisotopic (exact) mass is 474 g/mol. The summed E-state index contributed by atoms with van der Waals surface area (Å²) in [4.78, 5) is 5.03. The Morgan fingerprint density at radius 3 is 1.03 bits per heavy atom. The third kappa shape index (κ3) is 6.18. The molecule has 1 saturated heterocycles. The third-order valence-electron chi connectivity index (χ3n) is 6.35. The van der Waals surface area contributed by atoms with Crippen molar-refractivity contribution in [3.8, 4) is 34.5 Å². The van der Waals surface area contributed by atoms with Gasteiger partial charge in [-0.1, -0.05) is 0 Å². The van der Waals surface area contributed by atoms with Gasteiger partial charge in [0, 0.05) is 39.3 Å². The molecule has 0 radical (unpaired) electrons. The number of nitrogens with zero attached hydrogens (tertiary/aromatic N) is 2. The molecule has 1 aliphatic rings. The summed E-state index contributed by atoms with van der Waals surface area (Å²) in [5.41, 5.74) is 2.36. The molecule has 3 rings (SSSR count). The van der Waals surface area contributed by atoms with E-state index in [-0.39, 0.29) is 0 Å². The van der Waals surface area contributed by atoms with Crippen LogP contribution in [0.4, 0.5) is 0 Å². The van der Waals surface area contributed by atoms with E-state index in [9.17, 15) is 0 Å². The van der Waals surface area contributed by atoms with E-state index in [1.165, 1.54) is 11.1 Å². The second-order valence-corrected chi connectivity index (χ2v) is 8.25. The number of rotatable bonds is 12. The maximum absolute atomic E-state index is 5.48. The van der Waals surface area contributed by atoms with Crippen LogP contribution < -0.4 is 28.4 Å². The van der Waals surface area contributed by atoms with Gasteiger partial charge in [-0.25, -0.2) is 0 Å². The van der Waals surface area contributed by atoms with Gasteiger partial charge in [0.25, 0.3) is 0 Å². The lowest BCUT2D eigenvalue weighted by atomic mass is 10.1. The molecule has 0 bridgehead atoms. The van der Waals surface area contributed by atoms with Crippen molar-refractivity contribution in [3.63, 3.8) is 0 Å². The van der Waals surface area contributed by atoms with E-state index >= 15 is 0 Å². The van der Waals surface area contributed by atoms with Crippen molar-refractivity contribution in [2.75, 3.05) is 81.9 Å². The summed E-state index contributed by atoms with van der Waals surface area (Å²) in [6.07, 6.45) is 1.87. The van der Waals surface area contributed by atoms with Crippen molar-refractivity contribution in [1.82, 2.24) is 9.80 Å². The number of benzene rings is 2. The van der Waals surface area contributed by atoms with Gasteiger partial charge in [0.1, 0.15) is 0 Å². The molecule has 0 aromatic heterocycles. The molecule has 1 fully saturated rings. The van der Waals surface area contributed by atoms with Crippen LogP contribution in [0.1, 0.15) is 11.1 Å². The van der Waals surface area contributed by atoms with Crippen molar-refractivity contribution in [3.05, 3.63) is 35.4 Å². The van der Waals surface area contributed by atoms with Crippen LogP contribution in [0.5, 0.6) is 34.5 Å². The first-order valence-electron chi connectivity index (χ1n) is 11.6. The smallest absolute Gasteiger partial charge is 0.203 e. The zero-order valence-electron chi connectivity index (χ0n) is 21.3. The minimum absolute atomic E-state index is 0.634. The Morgan fingerprint density at radius 2 is 0.794 bits per heavy atom. The Bertz CT molecular complexity index is 802. The molecule has 8 nitrogen and oxygen atoms in total. The van der Waals surface area contributed by atoms with Crippen molar-refractivity contribution < 1.29 is 28.4 Å². The van der Waals surface area contributed by atoms with E-state index in [0.717, 1.165) is 52.1 Å². The normalized spacial score (nSPS) is 14.5. The Kier molecular flexibility index (Phi) is 9.53. The fourth-order valence-electron chi connectivity index (χ4n) is 4.37. The van der Waals surface area contributed by atoms with Crippen LogP contribution in [0.3, 0.4) is 0 Å². The molecule has 1 heterocycles. The average Bonchev–Trinajstić information content (AvgIpc) is 2.89. The first-order valence-corrected chi connectivity index (χ1v) is 11.6. The number of ether oxygens (including phenoxy) is 6. The van der Waals surface area contributed by atoms with Gasteiger partial charge in [0.05, 0.1) is 42.7 Å². The minimum Gasteiger partial charge on any atom is -0.493 e. The van der Waals surface area contributed by atoms with E-state index in [4.69, 9.17) is 28.4 Å². The van der Waals surface area contributed by atoms with Crippen LogP contribution in [-0.4, -0.2) is 91.7 Å². The topological polar surface area (TPSA) is 61.9 Å². The summed E-state index contributed by atoms with van der Waals surface area (Å²) in [7, 11) is 9.86. The van der Waals surface area contributed by atoms with Gasteiger partial charge in [-0.15, -0.1) is 0 Å². The van der Waals surface area contributed by atoms with E-state index in [1.807, 2.05) is 24.3 Å². The summed E-state index contributed by atoms with van der Waals surface area (Å²) in [5.74, 6) is 4.08. The highest BCUT2D eigenvalue weighted by Gasteiger charge is 2.19. The Hall–Kier alpha value is -2.84. The lowest BCUT2D eigenvalue weighted by Gasteiger charge is -2.34. The summed E-state index contributed by atoms with van der Waals surface area (Å²) < 4.78 is 32.8. The number of hydrogen-bond donors (Lipinski definition) is 0. The molecule has 34 heavy (non-hydrogen) atoms. The molecule has 0 aliphatic carbocycles. The van der Waals surface area contributed by atoms with Gasteiger partial charge >= 0.3 is 0 Å². The molecule has 1 aliphatic heterocycles. The van der Waals surface area contributed by atoms with E-state index < -0.39 is 0 Å². The van der Waals surface area contributed by atoms with Crippen LogP contribution >= 0.6 is 0 Å². The fourth-order valence-corrected chi connectivity index (χ4v) is 4.37. The molecule has 0 N–H and O–H groups in total. The standard InChI is InChI=1S/C26H38N2O6/c1-29-21-15-19(16-22(30-2)25(21)33-5)7-9-27-11-13-28(14-12-27)10-8-20-17-23(31-3)26(34-6)24(18-20)32-4/h15-18H,7-14H2,1-6H3. The minimum atomic E-state index is 0.634. The molecule has 2 aromatic carbocycles. The Labute approximate surface area is 203 Å². The molecule has 188 valence electrons. The molecule has 0 atom stereocenters. The van der Waals surface area contributed by atoms with E-state index in [0.29, 0.717) is 34.5 Å². The molecule has 8 heteroatoms. The predicted octanol–water partition coefficient (Wildman–Crippen LogP) is 3.14. The van der Waals surface area contributed by atoms with E-state index in [2.05, 4.69) is 9.80 Å². The Morgan fingerprint density at radius 1 is 0.500 bits per heavy atom. The molecular weight excluding hydrogens is 436 g/mol. The van der Waals surface area contributed by atoms with Gasteiger partial charge in [-0.2, -0.15) is 0 Å². The zero-order chi connectivity index (χ0) is 24.5. The second-order valence-electron chi connectivity index (χ2n) is 8.25. The van der Waals surface area contributed by atoms with Gasteiger partial charge < -0.3 is 38.2 Å². The number of methoxy groups -OCH3 is 6. The average molecular weight is 475 g/mol. The maximum atomic E-state index is 5.48. The van der Waals surface area contributed by atoms with Crippen LogP contribution in [0.15, 0.2) is 24.3 Å². The van der Waals surface area contributed by atoms with E-state index in [1.54, 1.807) is 42.7 Å². The van der Waals surface area contributed by atoms with Crippen molar-refractivity contribution in [2.45, 2.75) is 12.8 Å². The molecule has 0 unspecified atom stereocenters. The summed E-state index contributed by atoms with van der Waals surface area (Å²) in [5, 5.41) is 0. The highest BCUT2D eigenvalue weighted by atomic mass is 16.5. The maximum Gasteiger partial charge on any atom is 0.203 e. The van der Waals surface area contributed by atoms with Crippen LogP contribution in [0.2, 0.25) is 0 Å². The zero-order valence-corrected chi connectivity index (χ0v) is 21.3. The highest BCUT2D eigenvalue weighted by molar-refractivity contribution is 5.54. The third-order valence-corrected chi connectivity index (χ3v) is 6.35. The summed E-state index contributed by atoms with van der Waals surface area (Å²) in [6, 6.07) is 8.15. The van der Waals surface area contributed by atoms with Crippen LogP contribution in [-0.2, 0) is 12.8 Å². The summed E-state index contributed by atoms with van der Waals surface area (Å²) >= 11 is 0. The fraction of sp³-hybridized carbons (Fsp3) is 0.538. The quantitative estimate of drug-likeness (QED) is 0.465. The van der Waals surface area contributed by atoms with Crippen molar-refractivity contribution >= 4 is 0 Å². The van der Waals surface area contributed by atoms with Gasteiger partial charge in [-0.3, -0.25) is 0 Å². The lowest BCUT2D eigenvalue weighted by molar-refractivity contribution is 0.134. The van der Waals surface area contributed by atoms with Crippen molar-refractivity contribution in [2.24, 2.45) is 0 Å². The van der Waals surface area contributed by atoms with Crippen LogP contribution in [0.25, 0.3) is 0 Å². The van der Waals surface area contributed by atoms with Crippen LogP contribution in [0, 0.1) is 0 Å². The van der Waals surface area contributed by atoms with Gasteiger partial charge in [0.15, 0.2) is 23.0 Å². The molecule has 2 aromatic rings. The SMILES string of the molecule is COc1cc(CCN2CCN(CCc3cc(OC)c(OC)c(OC)c3)CC2)cc(OC)c1OC. The highest BCUT2D eigenvalue weighted by Crippen LogP contribution is 2.39. The largest absolute Gasteiger partial charge is 0.493 e. The summed E-state index contributed by atoms with van der Waals surface area (Å²) in [6.45, 7) is 6.22. The second kappa shape index (κ2) is 12.6. The predicted molar refractivity (Wildman–Crippen MR) is 132 cm³/mol. The number of hydrogen-bond acceptors (Lipinski definition) is 8. The molecule has 0 spiro atoms. The van der Waals surface area contributed by atoms with Crippen molar-refractivity contribution in [1.29, 1.82) is 0 Å². The molecular formula is C26H38N2O6. The molecule has 0 amide bonds. The lowest BCUT2D eigenvalue weighted by Crippen LogP contribution is -2.47. The van der Waals surface area contributed by atoms with Gasteiger partial charge in [-0.05, 0) is 48.2 Å². The first-order chi connectivity index (χ1) is 16.6.